The van der Waals surface area contributed by atoms with E-state index in [9.17, 15) is 4.79 Å². The summed E-state index contributed by atoms with van der Waals surface area (Å²) in [5.41, 5.74) is 7.01. The number of para-hydroxylation sites is 1. The van der Waals surface area contributed by atoms with Gasteiger partial charge < -0.3 is 10.5 Å². The Kier molecular flexibility index (Phi) is 3.78. The minimum atomic E-state index is -0.0380. The van der Waals surface area contributed by atoms with Crippen LogP contribution in [0.15, 0.2) is 53.3 Å². The van der Waals surface area contributed by atoms with Crippen molar-refractivity contribution in [3.05, 3.63) is 64.7 Å². The van der Waals surface area contributed by atoms with Gasteiger partial charge in [0.2, 0.25) is 0 Å². The van der Waals surface area contributed by atoms with Gasteiger partial charge in [0.15, 0.2) is 0 Å². The van der Waals surface area contributed by atoms with Gasteiger partial charge in [-0.25, -0.2) is 4.98 Å². The van der Waals surface area contributed by atoms with E-state index in [0.717, 1.165) is 11.3 Å². The summed E-state index contributed by atoms with van der Waals surface area (Å²) in [7, 11) is 0. The molecule has 0 radical (unpaired) electrons. The molecule has 5 nitrogen and oxygen atoms in total. The highest BCUT2D eigenvalue weighted by Crippen LogP contribution is 2.13. The van der Waals surface area contributed by atoms with Gasteiger partial charge in [-0.15, -0.1) is 0 Å². The molecule has 112 valence electrons. The number of nitrogens with zero attached hydrogens (tertiary/aromatic N) is 2. The molecular weight excluding hydrogens is 278 g/mol. The van der Waals surface area contributed by atoms with Gasteiger partial charge in [0, 0.05) is 5.69 Å². The maximum Gasteiger partial charge on any atom is 0.261 e. The zero-order valence-corrected chi connectivity index (χ0v) is 12.3. The average molecular weight is 295 g/mol. The molecule has 5 heteroatoms. The molecule has 0 aliphatic rings. The smallest absolute Gasteiger partial charge is 0.261 e. The number of fused-ring (bicyclic) bond motifs is 1. The number of hydrogen-bond acceptors (Lipinski definition) is 4. The van der Waals surface area contributed by atoms with Crippen LogP contribution in [0.25, 0.3) is 10.9 Å². The molecule has 0 amide bonds. The van der Waals surface area contributed by atoms with E-state index in [1.807, 2.05) is 37.3 Å². The predicted octanol–water partition coefficient (Wildman–Crippen LogP) is 2.37. The van der Waals surface area contributed by atoms with Crippen molar-refractivity contribution in [2.75, 3.05) is 12.3 Å². The molecule has 0 saturated heterocycles. The van der Waals surface area contributed by atoms with Crippen LogP contribution < -0.4 is 16.0 Å². The molecule has 0 saturated carbocycles. The molecular formula is C17H17N3O2. The molecule has 2 N–H and O–H groups in total. The highest BCUT2D eigenvalue weighted by atomic mass is 16.5. The Morgan fingerprint density at radius 1 is 1.14 bits per heavy atom. The van der Waals surface area contributed by atoms with Crippen LogP contribution in [-0.4, -0.2) is 16.2 Å². The highest BCUT2D eigenvalue weighted by Gasteiger charge is 2.07. The van der Waals surface area contributed by atoms with Crippen LogP contribution in [-0.2, 0) is 6.54 Å². The average Bonchev–Trinajstić information content (AvgIpc) is 2.52. The molecule has 3 rings (SSSR count). The summed E-state index contributed by atoms with van der Waals surface area (Å²) in [6.07, 6.45) is 0. The first-order valence-electron chi connectivity index (χ1n) is 7.09. The van der Waals surface area contributed by atoms with Gasteiger partial charge >= 0.3 is 0 Å². The fourth-order valence-corrected chi connectivity index (χ4v) is 2.36. The summed E-state index contributed by atoms with van der Waals surface area (Å²) in [5, 5.41) is 0.626. The molecule has 2 aromatic carbocycles. The number of aryl methyl sites for hydroxylation is 1. The first-order chi connectivity index (χ1) is 10.6. The molecule has 22 heavy (non-hydrogen) atoms. The second kappa shape index (κ2) is 5.89. The monoisotopic (exact) mass is 295 g/mol. The minimum absolute atomic E-state index is 0.0380. The lowest BCUT2D eigenvalue weighted by Crippen LogP contribution is -2.26. The number of nitrogen functional groups attached to an aromatic ring is 1. The molecule has 0 aliphatic heterocycles. The highest BCUT2D eigenvalue weighted by molar-refractivity contribution is 5.77. The lowest BCUT2D eigenvalue weighted by molar-refractivity contribution is 0.294. The predicted molar refractivity (Wildman–Crippen MR) is 87.1 cm³/mol. The van der Waals surface area contributed by atoms with E-state index in [1.54, 1.807) is 22.8 Å². The van der Waals surface area contributed by atoms with Crippen LogP contribution in [0.4, 0.5) is 5.69 Å². The fraction of sp³-hybridized carbons (Fsp3) is 0.176. The molecule has 0 spiro atoms. The second-order valence-corrected chi connectivity index (χ2v) is 5.05. The molecule has 1 heterocycles. The number of anilines is 1. The van der Waals surface area contributed by atoms with Gasteiger partial charge in [-0.2, -0.15) is 0 Å². The standard InChI is InChI=1S/C17H17N3O2/c1-12-19-16-5-3-2-4-15(16)17(21)20(12)10-11-22-14-8-6-13(18)7-9-14/h2-9H,10-11,18H2,1H3. The first kappa shape index (κ1) is 14.1. The van der Waals surface area contributed by atoms with Crippen LogP contribution in [0.2, 0.25) is 0 Å². The van der Waals surface area contributed by atoms with Gasteiger partial charge in [-0.05, 0) is 43.3 Å². The summed E-state index contributed by atoms with van der Waals surface area (Å²) in [4.78, 5) is 17.0. The third-order valence-corrected chi connectivity index (χ3v) is 3.52. The zero-order valence-electron chi connectivity index (χ0n) is 12.3. The number of hydrogen-bond donors (Lipinski definition) is 1. The Labute approximate surface area is 128 Å². The third kappa shape index (κ3) is 2.79. The van der Waals surface area contributed by atoms with E-state index in [2.05, 4.69) is 4.98 Å². The fourth-order valence-electron chi connectivity index (χ4n) is 2.36. The number of nitrogens with two attached hydrogens (primary N) is 1. The lowest BCUT2D eigenvalue weighted by atomic mass is 10.2. The molecule has 0 atom stereocenters. The number of aromatic nitrogens is 2. The largest absolute Gasteiger partial charge is 0.492 e. The maximum atomic E-state index is 12.5. The van der Waals surface area contributed by atoms with Crippen LogP contribution in [0, 0.1) is 6.92 Å². The Balaban J connectivity index is 1.79. The number of benzene rings is 2. The number of rotatable bonds is 4. The minimum Gasteiger partial charge on any atom is -0.492 e. The summed E-state index contributed by atoms with van der Waals surface area (Å²) in [6.45, 7) is 2.68. The van der Waals surface area contributed by atoms with E-state index >= 15 is 0 Å². The van der Waals surface area contributed by atoms with Gasteiger partial charge in [0.05, 0.1) is 17.4 Å². The Morgan fingerprint density at radius 3 is 2.64 bits per heavy atom. The molecule has 0 bridgehead atoms. The summed E-state index contributed by atoms with van der Waals surface area (Å²) in [5.74, 6) is 1.42. The Hall–Kier alpha value is -2.82. The normalized spacial score (nSPS) is 10.8. The van der Waals surface area contributed by atoms with Crippen molar-refractivity contribution in [2.45, 2.75) is 13.5 Å². The van der Waals surface area contributed by atoms with E-state index < -0.39 is 0 Å². The molecule has 1 aromatic heterocycles. The van der Waals surface area contributed by atoms with Crippen molar-refractivity contribution >= 4 is 16.6 Å². The molecule has 0 unspecified atom stereocenters. The summed E-state index contributed by atoms with van der Waals surface area (Å²) >= 11 is 0. The summed E-state index contributed by atoms with van der Waals surface area (Å²) < 4.78 is 7.28. The van der Waals surface area contributed by atoms with Crippen molar-refractivity contribution in [1.82, 2.24) is 9.55 Å². The van der Waals surface area contributed by atoms with Crippen molar-refractivity contribution in [1.29, 1.82) is 0 Å². The van der Waals surface area contributed by atoms with Crippen LogP contribution in [0.1, 0.15) is 5.82 Å². The van der Waals surface area contributed by atoms with Gasteiger partial charge in [-0.3, -0.25) is 9.36 Å². The van der Waals surface area contributed by atoms with Crippen molar-refractivity contribution in [3.63, 3.8) is 0 Å². The maximum absolute atomic E-state index is 12.5. The Morgan fingerprint density at radius 2 is 1.86 bits per heavy atom. The van der Waals surface area contributed by atoms with Crippen molar-refractivity contribution in [2.24, 2.45) is 0 Å². The second-order valence-electron chi connectivity index (χ2n) is 5.05. The van der Waals surface area contributed by atoms with Crippen molar-refractivity contribution in [3.8, 4) is 5.75 Å². The van der Waals surface area contributed by atoms with E-state index in [4.69, 9.17) is 10.5 Å². The SMILES string of the molecule is Cc1nc2ccccc2c(=O)n1CCOc1ccc(N)cc1. The quantitative estimate of drug-likeness (QED) is 0.750. The van der Waals surface area contributed by atoms with Gasteiger partial charge in [-0.1, -0.05) is 12.1 Å². The topological polar surface area (TPSA) is 70.1 Å². The lowest BCUT2D eigenvalue weighted by Gasteiger charge is -2.11. The van der Waals surface area contributed by atoms with E-state index in [1.165, 1.54) is 0 Å². The van der Waals surface area contributed by atoms with Crippen LogP contribution >= 0.6 is 0 Å². The van der Waals surface area contributed by atoms with Crippen molar-refractivity contribution < 1.29 is 4.74 Å². The van der Waals surface area contributed by atoms with Gasteiger partial charge in [0.1, 0.15) is 18.2 Å². The Bertz CT molecular complexity index is 854. The van der Waals surface area contributed by atoms with E-state index in [-0.39, 0.29) is 5.56 Å². The first-order valence-corrected chi connectivity index (χ1v) is 7.09. The summed E-state index contributed by atoms with van der Waals surface area (Å²) in [6, 6.07) is 14.5. The molecule has 0 aliphatic carbocycles. The third-order valence-electron chi connectivity index (χ3n) is 3.52. The zero-order chi connectivity index (χ0) is 15.5. The number of ether oxygens (including phenoxy) is 1. The molecule has 3 aromatic rings. The molecule has 0 fully saturated rings. The van der Waals surface area contributed by atoms with Crippen LogP contribution in [0.3, 0.4) is 0 Å². The van der Waals surface area contributed by atoms with E-state index in [0.29, 0.717) is 30.0 Å². The van der Waals surface area contributed by atoms with Crippen LogP contribution in [0.5, 0.6) is 5.75 Å². The van der Waals surface area contributed by atoms with Gasteiger partial charge in [0.25, 0.3) is 5.56 Å².